The number of ether oxygens (including phenoxy) is 1. The fraction of sp³-hybridized carbons (Fsp3) is 0.158. The summed E-state index contributed by atoms with van der Waals surface area (Å²) in [5.41, 5.74) is 1.89. The Morgan fingerprint density at radius 2 is 1.84 bits per heavy atom. The van der Waals surface area contributed by atoms with Crippen molar-refractivity contribution in [1.29, 1.82) is 0 Å². The number of para-hydroxylation sites is 1. The third-order valence-corrected chi connectivity index (χ3v) is 3.64. The van der Waals surface area contributed by atoms with Crippen molar-refractivity contribution in [3.05, 3.63) is 72.2 Å². The third-order valence-electron chi connectivity index (χ3n) is 3.64. The van der Waals surface area contributed by atoms with Crippen LogP contribution in [0.2, 0.25) is 0 Å². The predicted octanol–water partition coefficient (Wildman–Crippen LogP) is 4.02. The van der Waals surface area contributed by atoms with Crippen LogP contribution in [0.1, 0.15) is 5.56 Å². The first-order chi connectivity index (χ1) is 12.2. The molecule has 0 fully saturated rings. The van der Waals surface area contributed by atoms with Crippen molar-refractivity contribution in [2.24, 2.45) is 0 Å². The van der Waals surface area contributed by atoms with Crippen LogP contribution in [-0.2, 0) is 6.42 Å². The number of aromatic nitrogens is 2. The molecule has 2 N–H and O–H groups in total. The number of rotatable bonds is 7. The molecule has 0 spiro atoms. The van der Waals surface area contributed by atoms with Gasteiger partial charge in [0.2, 0.25) is 5.95 Å². The SMILES string of the molecule is COc1ccccc1CCNc1nccc(Nc2ccc(F)cc2)n1. The average molecular weight is 338 g/mol. The number of hydrogen-bond donors (Lipinski definition) is 2. The van der Waals surface area contributed by atoms with E-state index >= 15 is 0 Å². The highest BCUT2D eigenvalue weighted by molar-refractivity contribution is 5.56. The van der Waals surface area contributed by atoms with Crippen molar-refractivity contribution in [3.63, 3.8) is 0 Å². The normalized spacial score (nSPS) is 10.3. The van der Waals surface area contributed by atoms with Crippen LogP contribution in [0, 0.1) is 5.82 Å². The van der Waals surface area contributed by atoms with Crippen molar-refractivity contribution in [1.82, 2.24) is 9.97 Å². The monoisotopic (exact) mass is 338 g/mol. The van der Waals surface area contributed by atoms with E-state index in [9.17, 15) is 4.39 Å². The van der Waals surface area contributed by atoms with E-state index in [0.717, 1.165) is 23.4 Å². The molecular weight excluding hydrogens is 319 g/mol. The standard InChI is InChI=1S/C19H19FN4O/c1-25-17-5-3-2-4-14(17)10-12-21-19-22-13-11-18(24-19)23-16-8-6-15(20)7-9-16/h2-9,11,13H,10,12H2,1H3,(H2,21,22,23,24). The van der Waals surface area contributed by atoms with Crippen LogP contribution in [0.3, 0.4) is 0 Å². The highest BCUT2D eigenvalue weighted by atomic mass is 19.1. The van der Waals surface area contributed by atoms with Crippen LogP contribution < -0.4 is 15.4 Å². The summed E-state index contributed by atoms with van der Waals surface area (Å²) in [6, 6.07) is 15.8. The lowest BCUT2D eigenvalue weighted by atomic mass is 10.1. The number of methoxy groups -OCH3 is 1. The molecule has 0 radical (unpaired) electrons. The van der Waals surface area contributed by atoms with E-state index < -0.39 is 0 Å². The molecule has 128 valence electrons. The van der Waals surface area contributed by atoms with E-state index in [1.54, 1.807) is 31.5 Å². The Labute approximate surface area is 145 Å². The second-order valence-electron chi connectivity index (χ2n) is 5.39. The first-order valence-electron chi connectivity index (χ1n) is 7.96. The van der Waals surface area contributed by atoms with Crippen molar-refractivity contribution < 1.29 is 9.13 Å². The van der Waals surface area contributed by atoms with E-state index in [-0.39, 0.29) is 5.82 Å². The van der Waals surface area contributed by atoms with Crippen molar-refractivity contribution in [2.75, 3.05) is 24.3 Å². The lowest BCUT2D eigenvalue weighted by Crippen LogP contribution is -2.09. The van der Waals surface area contributed by atoms with Crippen LogP contribution in [0.4, 0.5) is 21.8 Å². The highest BCUT2D eigenvalue weighted by Gasteiger charge is 2.03. The zero-order chi connectivity index (χ0) is 17.5. The van der Waals surface area contributed by atoms with Gasteiger partial charge in [-0.15, -0.1) is 0 Å². The quantitative estimate of drug-likeness (QED) is 0.681. The van der Waals surface area contributed by atoms with Gasteiger partial charge in [-0.2, -0.15) is 4.98 Å². The van der Waals surface area contributed by atoms with Crippen LogP contribution in [0.25, 0.3) is 0 Å². The van der Waals surface area contributed by atoms with Gasteiger partial charge in [-0.1, -0.05) is 18.2 Å². The average Bonchev–Trinajstić information content (AvgIpc) is 2.64. The van der Waals surface area contributed by atoms with Gasteiger partial charge >= 0.3 is 0 Å². The number of nitrogens with zero attached hydrogens (tertiary/aromatic N) is 2. The van der Waals surface area contributed by atoms with Gasteiger partial charge in [0.1, 0.15) is 17.4 Å². The molecule has 0 aliphatic heterocycles. The molecule has 1 heterocycles. The molecule has 0 aliphatic carbocycles. The minimum Gasteiger partial charge on any atom is -0.496 e. The van der Waals surface area contributed by atoms with Crippen molar-refractivity contribution in [2.45, 2.75) is 6.42 Å². The van der Waals surface area contributed by atoms with Crippen LogP contribution in [0.5, 0.6) is 5.75 Å². The molecule has 5 nitrogen and oxygen atoms in total. The largest absolute Gasteiger partial charge is 0.496 e. The first-order valence-corrected chi connectivity index (χ1v) is 7.96. The summed E-state index contributed by atoms with van der Waals surface area (Å²) >= 11 is 0. The molecule has 3 rings (SSSR count). The molecule has 0 unspecified atom stereocenters. The Bertz CT molecular complexity index is 824. The maximum absolute atomic E-state index is 13.0. The fourth-order valence-corrected chi connectivity index (χ4v) is 2.41. The number of halogens is 1. The molecule has 25 heavy (non-hydrogen) atoms. The Morgan fingerprint density at radius 1 is 1.04 bits per heavy atom. The second kappa shape index (κ2) is 8.10. The van der Waals surface area contributed by atoms with E-state index in [0.29, 0.717) is 18.3 Å². The zero-order valence-corrected chi connectivity index (χ0v) is 13.9. The number of benzene rings is 2. The molecule has 6 heteroatoms. The lowest BCUT2D eigenvalue weighted by Gasteiger charge is -2.10. The number of anilines is 3. The summed E-state index contributed by atoms with van der Waals surface area (Å²) in [5.74, 6) is 1.77. The van der Waals surface area contributed by atoms with E-state index in [4.69, 9.17) is 4.74 Å². The highest BCUT2D eigenvalue weighted by Crippen LogP contribution is 2.18. The Morgan fingerprint density at radius 3 is 2.64 bits per heavy atom. The summed E-state index contributed by atoms with van der Waals surface area (Å²) in [5, 5.41) is 6.32. The van der Waals surface area contributed by atoms with Gasteiger partial charge in [-0.25, -0.2) is 9.37 Å². The summed E-state index contributed by atoms with van der Waals surface area (Å²) in [4.78, 5) is 8.62. The molecule has 0 atom stereocenters. The number of nitrogens with one attached hydrogen (secondary N) is 2. The van der Waals surface area contributed by atoms with E-state index in [1.165, 1.54) is 12.1 Å². The van der Waals surface area contributed by atoms with Crippen molar-refractivity contribution in [3.8, 4) is 5.75 Å². The van der Waals surface area contributed by atoms with E-state index in [2.05, 4.69) is 20.6 Å². The minimum atomic E-state index is -0.271. The fourth-order valence-electron chi connectivity index (χ4n) is 2.41. The molecule has 0 bridgehead atoms. The van der Waals surface area contributed by atoms with Crippen LogP contribution >= 0.6 is 0 Å². The predicted molar refractivity (Wildman–Crippen MR) is 96.9 cm³/mol. The maximum Gasteiger partial charge on any atom is 0.224 e. The third kappa shape index (κ3) is 4.67. The van der Waals surface area contributed by atoms with Gasteiger partial charge < -0.3 is 15.4 Å². The summed E-state index contributed by atoms with van der Waals surface area (Å²) < 4.78 is 18.3. The smallest absolute Gasteiger partial charge is 0.224 e. The molecule has 0 aliphatic rings. The summed E-state index contributed by atoms with van der Waals surface area (Å²) in [7, 11) is 1.67. The molecule has 2 aromatic carbocycles. The first kappa shape index (κ1) is 16.7. The molecule has 0 amide bonds. The lowest BCUT2D eigenvalue weighted by molar-refractivity contribution is 0.410. The minimum absolute atomic E-state index is 0.271. The van der Waals surface area contributed by atoms with Gasteiger partial charge in [0.15, 0.2) is 0 Å². The summed E-state index contributed by atoms with van der Waals surface area (Å²) in [6.45, 7) is 0.681. The molecule has 0 saturated carbocycles. The van der Waals surface area contributed by atoms with Gasteiger partial charge in [-0.05, 0) is 48.4 Å². The van der Waals surface area contributed by atoms with Crippen molar-refractivity contribution >= 4 is 17.5 Å². The summed E-state index contributed by atoms with van der Waals surface area (Å²) in [6.07, 6.45) is 2.47. The molecule has 0 saturated heterocycles. The molecule has 3 aromatic rings. The van der Waals surface area contributed by atoms with E-state index in [1.807, 2.05) is 24.3 Å². The van der Waals surface area contributed by atoms with Crippen LogP contribution in [-0.4, -0.2) is 23.6 Å². The van der Waals surface area contributed by atoms with Crippen LogP contribution in [0.15, 0.2) is 60.8 Å². The Kier molecular flexibility index (Phi) is 5.41. The van der Waals surface area contributed by atoms with Gasteiger partial charge in [0.05, 0.1) is 7.11 Å². The molecule has 1 aromatic heterocycles. The second-order valence-corrected chi connectivity index (χ2v) is 5.39. The Hall–Kier alpha value is -3.15. The molecular formula is C19H19FN4O. The number of hydrogen-bond acceptors (Lipinski definition) is 5. The Balaban J connectivity index is 1.59. The zero-order valence-electron chi connectivity index (χ0n) is 13.9. The van der Waals surface area contributed by atoms with Gasteiger partial charge in [0.25, 0.3) is 0 Å². The van der Waals surface area contributed by atoms with Gasteiger partial charge in [0, 0.05) is 18.4 Å². The van der Waals surface area contributed by atoms with Gasteiger partial charge in [-0.3, -0.25) is 0 Å². The maximum atomic E-state index is 13.0. The topological polar surface area (TPSA) is 59.1 Å².